The van der Waals surface area contributed by atoms with Crippen LogP contribution in [0.3, 0.4) is 0 Å². The summed E-state index contributed by atoms with van der Waals surface area (Å²) in [5.41, 5.74) is 1.76. The third-order valence-corrected chi connectivity index (χ3v) is 3.50. The van der Waals surface area contributed by atoms with Crippen molar-refractivity contribution < 1.29 is 28.6 Å². The van der Waals surface area contributed by atoms with Crippen molar-refractivity contribution in [3.05, 3.63) is 60.2 Å². The maximum atomic E-state index is 12.1. The van der Waals surface area contributed by atoms with Crippen molar-refractivity contribution >= 4 is 18.1 Å². The highest BCUT2D eigenvalue weighted by Gasteiger charge is 2.20. The van der Waals surface area contributed by atoms with Gasteiger partial charge in [0.1, 0.15) is 22.7 Å². The SMILES string of the molecule is CC(C)(C)OC(=O)N=C(NOCc1cccc(Oc2ccccc2)c1)NC(=O)OC(C)(C)C. The number of carbonyl (C=O) groups excluding carboxylic acids is 2. The smallest absolute Gasteiger partial charge is 0.437 e. The number of ether oxygens (including phenoxy) is 3. The molecule has 0 spiro atoms. The number of amides is 2. The normalized spacial score (nSPS) is 12.0. The molecule has 33 heavy (non-hydrogen) atoms. The number of nitrogens with zero attached hydrogens (tertiary/aromatic N) is 1. The molecule has 9 heteroatoms. The van der Waals surface area contributed by atoms with E-state index in [0.29, 0.717) is 11.5 Å². The van der Waals surface area contributed by atoms with E-state index in [9.17, 15) is 9.59 Å². The zero-order valence-corrected chi connectivity index (χ0v) is 19.8. The number of carbonyl (C=O) groups is 2. The van der Waals surface area contributed by atoms with E-state index < -0.39 is 23.4 Å². The Bertz CT molecular complexity index is 962. The topological polar surface area (TPSA) is 107 Å². The van der Waals surface area contributed by atoms with Crippen molar-refractivity contribution in [3.63, 3.8) is 0 Å². The predicted octanol–water partition coefficient (Wildman–Crippen LogP) is 5.32. The van der Waals surface area contributed by atoms with Gasteiger partial charge in [-0.2, -0.15) is 0 Å². The first kappa shape index (κ1) is 25.7. The number of aliphatic imine (C=N–C) groups is 1. The molecule has 0 bridgehead atoms. The second kappa shape index (κ2) is 11.3. The molecule has 0 heterocycles. The van der Waals surface area contributed by atoms with Gasteiger partial charge in [-0.25, -0.2) is 15.1 Å². The first-order valence-electron chi connectivity index (χ1n) is 10.4. The Balaban J connectivity index is 2.02. The summed E-state index contributed by atoms with van der Waals surface area (Å²) in [6.07, 6.45) is -1.71. The first-order valence-corrected chi connectivity index (χ1v) is 10.4. The average molecular weight is 458 g/mol. The average Bonchev–Trinajstić information content (AvgIpc) is 2.66. The number of benzene rings is 2. The van der Waals surface area contributed by atoms with Crippen LogP contribution in [0.15, 0.2) is 59.6 Å². The number of hydroxylamine groups is 1. The molecule has 0 saturated carbocycles. The van der Waals surface area contributed by atoms with Gasteiger partial charge < -0.3 is 14.2 Å². The van der Waals surface area contributed by atoms with Crippen LogP contribution in [0.4, 0.5) is 9.59 Å². The number of hydrogen-bond acceptors (Lipinski definition) is 6. The molecule has 0 saturated heterocycles. The van der Waals surface area contributed by atoms with Crippen molar-refractivity contribution in [1.82, 2.24) is 10.8 Å². The zero-order valence-electron chi connectivity index (χ0n) is 19.8. The van der Waals surface area contributed by atoms with Crippen LogP contribution < -0.4 is 15.5 Å². The van der Waals surface area contributed by atoms with Crippen LogP contribution in [0.5, 0.6) is 11.5 Å². The van der Waals surface area contributed by atoms with E-state index in [0.717, 1.165) is 5.56 Å². The van der Waals surface area contributed by atoms with Crippen molar-refractivity contribution in [2.24, 2.45) is 4.99 Å². The van der Waals surface area contributed by atoms with Crippen molar-refractivity contribution in [1.29, 1.82) is 0 Å². The number of nitrogens with one attached hydrogen (secondary N) is 2. The van der Waals surface area contributed by atoms with Crippen LogP contribution in [-0.4, -0.2) is 29.3 Å². The van der Waals surface area contributed by atoms with Gasteiger partial charge in [0, 0.05) is 0 Å². The van der Waals surface area contributed by atoms with Crippen LogP contribution in [0.1, 0.15) is 47.1 Å². The fourth-order valence-electron chi connectivity index (χ4n) is 2.36. The Morgan fingerprint density at radius 1 is 0.848 bits per heavy atom. The molecule has 0 aliphatic rings. The lowest BCUT2D eigenvalue weighted by molar-refractivity contribution is 0.0492. The number of rotatable bonds is 5. The summed E-state index contributed by atoms with van der Waals surface area (Å²) in [5, 5.41) is 2.35. The van der Waals surface area contributed by atoms with Crippen molar-refractivity contribution in [2.75, 3.05) is 0 Å². The summed E-state index contributed by atoms with van der Waals surface area (Å²) in [4.78, 5) is 33.3. The van der Waals surface area contributed by atoms with Crippen LogP contribution in [0.2, 0.25) is 0 Å². The van der Waals surface area contributed by atoms with Gasteiger partial charge >= 0.3 is 12.2 Å². The first-order chi connectivity index (χ1) is 15.4. The predicted molar refractivity (Wildman–Crippen MR) is 124 cm³/mol. The highest BCUT2D eigenvalue weighted by Crippen LogP contribution is 2.22. The minimum absolute atomic E-state index is 0.0926. The van der Waals surface area contributed by atoms with Gasteiger partial charge in [0.05, 0.1) is 6.61 Å². The van der Waals surface area contributed by atoms with Gasteiger partial charge in [-0.05, 0) is 71.4 Å². The Kier molecular flexibility index (Phi) is 8.81. The molecule has 0 aliphatic carbocycles. The van der Waals surface area contributed by atoms with E-state index in [-0.39, 0.29) is 12.6 Å². The Morgan fingerprint density at radius 3 is 2.12 bits per heavy atom. The van der Waals surface area contributed by atoms with Gasteiger partial charge in [0.25, 0.3) is 0 Å². The van der Waals surface area contributed by atoms with Crippen LogP contribution >= 0.6 is 0 Å². The molecule has 0 aromatic heterocycles. The lowest BCUT2D eigenvalue weighted by Gasteiger charge is -2.21. The summed E-state index contributed by atoms with van der Waals surface area (Å²) in [6, 6.07) is 16.7. The summed E-state index contributed by atoms with van der Waals surface area (Å²) in [7, 11) is 0. The lowest BCUT2D eigenvalue weighted by atomic mass is 10.2. The van der Waals surface area contributed by atoms with E-state index in [1.165, 1.54) is 0 Å². The standard InChI is InChI=1S/C24H31N3O6/c1-23(2,3)32-21(28)25-20(26-22(29)33-24(4,5)6)27-30-16-17-11-10-14-19(15-17)31-18-12-8-7-9-13-18/h7-15H,16H2,1-6H3,(H2,25,26,27,28,29). The third kappa shape index (κ3) is 11.0. The Hall–Kier alpha value is -3.59. The molecule has 0 atom stereocenters. The summed E-state index contributed by atoms with van der Waals surface area (Å²) < 4.78 is 16.2. The number of para-hydroxylation sites is 1. The largest absolute Gasteiger partial charge is 0.457 e. The van der Waals surface area contributed by atoms with E-state index in [2.05, 4.69) is 15.8 Å². The number of guanidine groups is 1. The molecule has 2 N–H and O–H groups in total. The molecule has 178 valence electrons. The van der Waals surface area contributed by atoms with Gasteiger partial charge in [-0.3, -0.25) is 10.2 Å². The highest BCUT2D eigenvalue weighted by molar-refractivity contribution is 5.98. The molecule has 2 rings (SSSR count). The Labute approximate surface area is 194 Å². The number of alkyl carbamates (subject to hydrolysis) is 1. The van der Waals surface area contributed by atoms with Gasteiger partial charge in [0.15, 0.2) is 0 Å². The summed E-state index contributed by atoms with van der Waals surface area (Å²) in [6.45, 7) is 10.3. The second-order valence-corrected chi connectivity index (χ2v) is 9.02. The number of hydrogen-bond donors (Lipinski definition) is 2. The van der Waals surface area contributed by atoms with Gasteiger partial charge in [-0.1, -0.05) is 30.3 Å². The van der Waals surface area contributed by atoms with Gasteiger partial charge in [-0.15, -0.1) is 4.99 Å². The van der Waals surface area contributed by atoms with E-state index in [1.807, 2.05) is 48.5 Å². The summed E-state index contributed by atoms with van der Waals surface area (Å²) >= 11 is 0. The summed E-state index contributed by atoms with van der Waals surface area (Å²) in [5.74, 6) is 1.08. The third-order valence-electron chi connectivity index (χ3n) is 3.50. The van der Waals surface area contributed by atoms with Crippen LogP contribution in [0, 0.1) is 0 Å². The molecular weight excluding hydrogens is 426 g/mol. The van der Waals surface area contributed by atoms with Crippen molar-refractivity contribution in [2.45, 2.75) is 59.4 Å². The molecule has 0 fully saturated rings. The molecular formula is C24H31N3O6. The van der Waals surface area contributed by atoms with E-state index in [1.54, 1.807) is 47.6 Å². The molecule has 9 nitrogen and oxygen atoms in total. The minimum Gasteiger partial charge on any atom is -0.457 e. The monoisotopic (exact) mass is 457 g/mol. The molecule has 0 unspecified atom stereocenters. The Morgan fingerprint density at radius 2 is 1.48 bits per heavy atom. The zero-order chi connectivity index (χ0) is 24.5. The quantitative estimate of drug-likeness (QED) is 0.356. The molecule has 2 aromatic carbocycles. The maximum absolute atomic E-state index is 12.1. The maximum Gasteiger partial charge on any atom is 0.437 e. The lowest BCUT2D eigenvalue weighted by Crippen LogP contribution is -2.44. The highest BCUT2D eigenvalue weighted by atomic mass is 16.6. The minimum atomic E-state index is -0.900. The van der Waals surface area contributed by atoms with E-state index >= 15 is 0 Å². The molecule has 2 aromatic rings. The van der Waals surface area contributed by atoms with Crippen LogP contribution in [-0.2, 0) is 20.9 Å². The van der Waals surface area contributed by atoms with Crippen LogP contribution in [0.25, 0.3) is 0 Å². The molecule has 2 amide bonds. The fraction of sp³-hybridized carbons (Fsp3) is 0.375. The van der Waals surface area contributed by atoms with Crippen molar-refractivity contribution in [3.8, 4) is 11.5 Å². The molecule has 0 radical (unpaired) electrons. The van der Waals surface area contributed by atoms with Gasteiger partial charge in [0.2, 0.25) is 5.96 Å². The fourth-order valence-corrected chi connectivity index (χ4v) is 2.36. The van der Waals surface area contributed by atoms with E-state index in [4.69, 9.17) is 19.0 Å². The molecule has 0 aliphatic heterocycles. The second-order valence-electron chi connectivity index (χ2n) is 9.02.